The standard InChI is InChI=1S/C15H20Cl2N2O2/c1-11(19-6-2-3-7-19)9-18-15(20)10-21-14-8-12(16)4-5-13(14)17/h4-5,8,11H,2-3,6-7,9-10H2,1H3,(H,18,20). The van der Waals surface area contributed by atoms with Crippen molar-refractivity contribution in [3.63, 3.8) is 0 Å². The second-order valence-corrected chi connectivity index (χ2v) is 6.10. The molecular weight excluding hydrogens is 311 g/mol. The van der Waals surface area contributed by atoms with E-state index in [4.69, 9.17) is 27.9 Å². The molecule has 1 amide bonds. The third-order valence-corrected chi connectivity index (χ3v) is 4.16. The number of rotatable bonds is 6. The molecule has 116 valence electrons. The number of nitrogens with one attached hydrogen (secondary N) is 1. The van der Waals surface area contributed by atoms with E-state index in [1.807, 2.05) is 0 Å². The summed E-state index contributed by atoms with van der Waals surface area (Å²) < 4.78 is 5.40. The molecule has 4 nitrogen and oxygen atoms in total. The van der Waals surface area contributed by atoms with Gasteiger partial charge >= 0.3 is 0 Å². The SMILES string of the molecule is CC(CNC(=O)COc1cc(Cl)ccc1Cl)N1CCCC1. The highest BCUT2D eigenvalue weighted by Crippen LogP contribution is 2.27. The minimum Gasteiger partial charge on any atom is -0.482 e. The zero-order valence-electron chi connectivity index (χ0n) is 12.1. The molecule has 0 spiro atoms. The Balaban J connectivity index is 1.73. The maximum absolute atomic E-state index is 11.8. The lowest BCUT2D eigenvalue weighted by Crippen LogP contribution is -2.42. The maximum Gasteiger partial charge on any atom is 0.257 e. The first kappa shape index (κ1) is 16.4. The van der Waals surface area contributed by atoms with Gasteiger partial charge in [-0.1, -0.05) is 23.2 Å². The Morgan fingerprint density at radius 2 is 2.10 bits per heavy atom. The van der Waals surface area contributed by atoms with Crippen molar-refractivity contribution in [2.45, 2.75) is 25.8 Å². The summed E-state index contributed by atoms with van der Waals surface area (Å²) in [6, 6.07) is 5.27. The van der Waals surface area contributed by atoms with Crippen LogP contribution in [0.2, 0.25) is 10.0 Å². The molecule has 1 saturated heterocycles. The Bertz CT molecular complexity index is 491. The first-order valence-electron chi connectivity index (χ1n) is 7.15. The molecule has 1 atom stereocenters. The van der Waals surface area contributed by atoms with E-state index in [-0.39, 0.29) is 12.5 Å². The average molecular weight is 331 g/mol. The number of carbonyl (C=O) groups is 1. The lowest BCUT2D eigenvalue weighted by atomic mass is 10.3. The van der Waals surface area contributed by atoms with E-state index < -0.39 is 0 Å². The van der Waals surface area contributed by atoms with Crippen molar-refractivity contribution in [2.75, 3.05) is 26.2 Å². The number of ether oxygens (including phenoxy) is 1. The van der Waals surface area contributed by atoms with Gasteiger partial charge in [0.25, 0.3) is 5.91 Å². The molecular formula is C15H20Cl2N2O2. The molecule has 1 N–H and O–H groups in total. The van der Waals surface area contributed by atoms with Gasteiger partial charge in [-0.2, -0.15) is 0 Å². The predicted octanol–water partition coefficient (Wildman–Crippen LogP) is 2.97. The summed E-state index contributed by atoms with van der Waals surface area (Å²) in [5.74, 6) is 0.268. The Morgan fingerprint density at radius 1 is 1.38 bits per heavy atom. The van der Waals surface area contributed by atoms with Crippen LogP contribution in [0.15, 0.2) is 18.2 Å². The highest BCUT2D eigenvalue weighted by molar-refractivity contribution is 6.34. The van der Waals surface area contributed by atoms with Gasteiger partial charge in [0.2, 0.25) is 0 Å². The van der Waals surface area contributed by atoms with Gasteiger partial charge in [0, 0.05) is 23.7 Å². The summed E-state index contributed by atoms with van der Waals surface area (Å²) in [5.41, 5.74) is 0. The number of hydrogen-bond acceptors (Lipinski definition) is 3. The summed E-state index contributed by atoms with van der Waals surface area (Å²) in [6.07, 6.45) is 2.49. The second kappa shape index (κ2) is 7.87. The van der Waals surface area contributed by atoms with E-state index in [1.54, 1.807) is 18.2 Å². The molecule has 1 aliphatic heterocycles. The van der Waals surface area contributed by atoms with E-state index >= 15 is 0 Å². The van der Waals surface area contributed by atoms with Crippen LogP contribution in [-0.2, 0) is 4.79 Å². The summed E-state index contributed by atoms with van der Waals surface area (Å²) in [4.78, 5) is 14.2. The van der Waals surface area contributed by atoms with Crippen molar-refractivity contribution in [3.8, 4) is 5.75 Å². The summed E-state index contributed by atoms with van der Waals surface area (Å²) >= 11 is 11.8. The fraction of sp³-hybridized carbons (Fsp3) is 0.533. The Hall–Kier alpha value is -0.970. The van der Waals surface area contributed by atoms with Gasteiger partial charge < -0.3 is 10.1 Å². The van der Waals surface area contributed by atoms with Crippen molar-refractivity contribution < 1.29 is 9.53 Å². The highest BCUT2D eigenvalue weighted by Gasteiger charge is 2.18. The van der Waals surface area contributed by atoms with Crippen LogP contribution >= 0.6 is 23.2 Å². The summed E-state index contributed by atoms with van der Waals surface area (Å²) in [7, 11) is 0. The topological polar surface area (TPSA) is 41.6 Å². The molecule has 1 unspecified atom stereocenters. The number of carbonyl (C=O) groups excluding carboxylic acids is 1. The molecule has 0 aliphatic carbocycles. The van der Waals surface area contributed by atoms with Crippen molar-refractivity contribution in [1.82, 2.24) is 10.2 Å². The number of likely N-dealkylation sites (tertiary alicyclic amines) is 1. The molecule has 0 radical (unpaired) electrons. The van der Waals surface area contributed by atoms with E-state index in [2.05, 4.69) is 17.1 Å². The van der Waals surface area contributed by atoms with Gasteiger partial charge in [-0.25, -0.2) is 0 Å². The third kappa shape index (κ3) is 5.06. The lowest BCUT2D eigenvalue weighted by Gasteiger charge is -2.23. The number of hydrogen-bond donors (Lipinski definition) is 1. The van der Waals surface area contributed by atoms with Crippen LogP contribution in [0.4, 0.5) is 0 Å². The minimum atomic E-state index is -0.155. The lowest BCUT2D eigenvalue weighted by molar-refractivity contribution is -0.123. The molecule has 1 heterocycles. The molecule has 0 saturated carbocycles. The van der Waals surface area contributed by atoms with Crippen molar-refractivity contribution in [3.05, 3.63) is 28.2 Å². The van der Waals surface area contributed by atoms with Crippen LogP contribution < -0.4 is 10.1 Å². The molecule has 2 rings (SSSR count). The van der Waals surface area contributed by atoms with Crippen LogP contribution in [-0.4, -0.2) is 43.1 Å². The minimum absolute atomic E-state index is 0.0627. The molecule has 1 aliphatic rings. The van der Waals surface area contributed by atoms with Gasteiger partial charge in [0.05, 0.1) is 5.02 Å². The normalized spacial score (nSPS) is 16.7. The average Bonchev–Trinajstić information content (AvgIpc) is 3.00. The molecule has 1 aromatic carbocycles. The Labute approximate surface area is 135 Å². The first-order valence-corrected chi connectivity index (χ1v) is 7.90. The Morgan fingerprint density at radius 3 is 2.81 bits per heavy atom. The van der Waals surface area contributed by atoms with E-state index in [0.29, 0.717) is 28.4 Å². The van der Waals surface area contributed by atoms with Crippen molar-refractivity contribution in [1.29, 1.82) is 0 Å². The molecule has 1 fully saturated rings. The quantitative estimate of drug-likeness (QED) is 0.871. The van der Waals surface area contributed by atoms with Gasteiger partial charge in [-0.15, -0.1) is 0 Å². The van der Waals surface area contributed by atoms with E-state index in [0.717, 1.165) is 13.1 Å². The van der Waals surface area contributed by atoms with Gasteiger partial charge in [0.15, 0.2) is 6.61 Å². The number of benzene rings is 1. The smallest absolute Gasteiger partial charge is 0.257 e. The predicted molar refractivity (Wildman–Crippen MR) is 85.2 cm³/mol. The second-order valence-electron chi connectivity index (χ2n) is 5.26. The van der Waals surface area contributed by atoms with Crippen LogP contribution in [0.25, 0.3) is 0 Å². The molecule has 0 bridgehead atoms. The Kier molecular flexibility index (Phi) is 6.15. The van der Waals surface area contributed by atoms with Crippen LogP contribution in [0, 0.1) is 0 Å². The molecule has 1 aromatic rings. The largest absolute Gasteiger partial charge is 0.482 e. The number of nitrogens with zero attached hydrogens (tertiary/aromatic N) is 1. The highest BCUT2D eigenvalue weighted by atomic mass is 35.5. The van der Waals surface area contributed by atoms with Gasteiger partial charge in [-0.05, 0) is 45.0 Å². The molecule has 0 aromatic heterocycles. The van der Waals surface area contributed by atoms with Crippen LogP contribution in [0.1, 0.15) is 19.8 Å². The van der Waals surface area contributed by atoms with Crippen molar-refractivity contribution >= 4 is 29.1 Å². The fourth-order valence-electron chi connectivity index (χ4n) is 2.36. The van der Waals surface area contributed by atoms with Crippen LogP contribution in [0.3, 0.4) is 0 Å². The third-order valence-electron chi connectivity index (χ3n) is 3.61. The zero-order chi connectivity index (χ0) is 15.2. The molecule has 21 heavy (non-hydrogen) atoms. The maximum atomic E-state index is 11.8. The van der Waals surface area contributed by atoms with Gasteiger partial charge in [0.1, 0.15) is 5.75 Å². The number of halogens is 2. The number of amides is 1. The first-order chi connectivity index (χ1) is 10.1. The zero-order valence-corrected chi connectivity index (χ0v) is 13.6. The fourth-order valence-corrected chi connectivity index (χ4v) is 2.69. The van der Waals surface area contributed by atoms with Gasteiger partial charge in [-0.3, -0.25) is 9.69 Å². The molecule has 6 heteroatoms. The summed E-state index contributed by atoms with van der Waals surface area (Å²) in [6.45, 7) is 4.93. The monoisotopic (exact) mass is 330 g/mol. The summed E-state index contributed by atoms with van der Waals surface area (Å²) in [5, 5.41) is 3.85. The van der Waals surface area contributed by atoms with E-state index in [1.165, 1.54) is 12.8 Å². The van der Waals surface area contributed by atoms with Crippen LogP contribution in [0.5, 0.6) is 5.75 Å². The van der Waals surface area contributed by atoms with E-state index in [9.17, 15) is 4.79 Å². The van der Waals surface area contributed by atoms with Crippen molar-refractivity contribution in [2.24, 2.45) is 0 Å².